The highest BCUT2D eigenvalue weighted by molar-refractivity contribution is 4.85. The van der Waals surface area contributed by atoms with Gasteiger partial charge in [-0.15, -0.1) is 0 Å². The van der Waals surface area contributed by atoms with Crippen molar-refractivity contribution < 1.29 is 8.78 Å². The molecule has 0 aromatic rings. The predicted molar refractivity (Wildman–Crippen MR) is 82.9 cm³/mol. The summed E-state index contributed by atoms with van der Waals surface area (Å²) in [7, 11) is 0. The molecular formula is C17H36F2. The van der Waals surface area contributed by atoms with E-state index in [1.165, 1.54) is 25.7 Å². The van der Waals surface area contributed by atoms with E-state index >= 15 is 0 Å². The van der Waals surface area contributed by atoms with Gasteiger partial charge in [0, 0.05) is 12.8 Å². The van der Waals surface area contributed by atoms with Crippen molar-refractivity contribution in [1.29, 1.82) is 0 Å². The molecule has 19 heavy (non-hydrogen) atoms. The summed E-state index contributed by atoms with van der Waals surface area (Å²) in [5, 5.41) is 0. The highest BCUT2D eigenvalue weighted by Gasteiger charge is 2.44. The van der Waals surface area contributed by atoms with Crippen LogP contribution in [0.5, 0.6) is 0 Å². The normalized spacial score (nSPS) is 19.6. The summed E-state index contributed by atoms with van der Waals surface area (Å²) in [6, 6.07) is 0. The molecule has 2 aliphatic rings. The van der Waals surface area contributed by atoms with Gasteiger partial charge < -0.3 is 0 Å². The SMILES string of the molecule is CC.CC.CCCC1CC(F)(F)C1.CCCC1CC1. The van der Waals surface area contributed by atoms with Crippen molar-refractivity contribution in [3.05, 3.63) is 0 Å². The van der Waals surface area contributed by atoms with Crippen LogP contribution in [0.25, 0.3) is 0 Å². The van der Waals surface area contributed by atoms with Crippen molar-refractivity contribution in [2.24, 2.45) is 11.8 Å². The van der Waals surface area contributed by atoms with Crippen LogP contribution in [0.3, 0.4) is 0 Å². The standard InChI is InChI=1S/C7H12F2.C6H12.2C2H6/c1-2-3-6-4-7(8,9)5-6;1-2-3-6-4-5-6;2*1-2/h6H,2-5H2,1H3;6H,2-5H2,1H3;2*1-2H3. The van der Waals surface area contributed by atoms with Crippen molar-refractivity contribution in [2.45, 2.75) is 98.8 Å². The fourth-order valence-corrected chi connectivity index (χ4v) is 2.21. The smallest absolute Gasteiger partial charge is 0.207 e. The van der Waals surface area contributed by atoms with E-state index in [4.69, 9.17) is 0 Å². The van der Waals surface area contributed by atoms with Crippen LogP contribution in [0, 0.1) is 11.8 Å². The second kappa shape index (κ2) is 12.9. The van der Waals surface area contributed by atoms with E-state index in [0.717, 1.165) is 18.8 Å². The molecule has 2 fully saturated rings. The van der Waals surface area contributed by atoms with Crippen molar-refractivity contribution in [1.82, 2.24) is 0 Å². The monoisotopic (exact) mass is 278 g/mol. The van der Waals surface area contributed by atoms with Gasteiger partial charge in [-0.2, -0.15) is 0 Å². The molecule has 0 amide bonds. The summed E-state index contributed by atoms with van der Waals surface area (Å²) in [6.07, 6.45) is 8.23. The first-order chi connectivity index (χ1) is 9.07. The van der Waals surface area contributed by atoms with Crippen LogP contribution >= 0.6 is 0 Å². The predicted octanol–water partition coefficient (Wildman–Crippen LogP) is 7.08. The Balaban J connectivity index is 0. The third kappa shape index (κ3) is 12.6. The minimum absolute atomic E-state index is 0.140. The Morgan fingerprint density at radius 1 is 0.789 bits per heavy atom. The zero-order chi connectivity index (χ0) is 15.3. The van der Waals surface area contributed by atoms with Gasteiger partial charge in [-0.05, 0) is 11.8 Å². The minimum Gasteiger partial charge on any atom is -0.207 e. The lowest BCUT2D eigenvalue weighted by Crippen LogP contribution is -2.35. The zero-order valence-electron chi connectivity index (χ0n) is 14.1. The van der Waals surface area contributed by atoms with Gasteiger partial charge in [0.15, 0.2) is 0 Å². The highest BCUT2D eigenvalue weighted by atomic mass is 19.3. The summed E-state index contributed by atoms with van der Waals surface area (Å²) in [6.45, 7) is 12.3. The molecule has 2 rings (SSSR count). The topological polar surface area (TPSA) is 0 Å². The number of alkyl halides is 2. The summed E-state index contributed by atoms with van der Waals surface area (Å²) in [5.41, 5.74) is 0. The Bertz CT molecular complexity index is 166. The van der Waals surface area contributed by atoms with Gasteiger partial charge in [-0.1, -0.05) is 80.1 Å². The van der Waals surface area contributed by atoms with Crippen molar-refractivity contribution in [3.8, 4) is 0 Å². The van der Waals surface area contributed by atoms with Crippen LogP contribution in [0.1, 0.15) is 92.9 Å². The quantitative estimate of drug-likeness (QED) is 0.515. The molecule has 0 atom stereocenters. The molecule has 0 nitrogen and oxygen atoms in total. The maximum Gasteiger partial charge on any atom is 0.248 e. The molecular weight excluding hydrogens is 242 g/mol. The third-order valence-electron chi connectivity index (χ3n) is 3.27. The lowest BCUT2D eigenvalue weighted by atomic mass is 9.79. The van der Waals surface area contributed by atoms with Gasteiger partial charge in [0.2, 0.25) is 5.92 Å². The molecule has 0 N–H and O–H groups in total. The molecule has 0 saturated heterocycles. The van der Waals surface area contributed by atoms with E-state index in [2.05, 4.69) is 6.92 Å². The summed E-state index contributed by atoms with van der Waals surface area (Å²) >= 11 is 0. The fourth-order valence-electron chi connectivity index (χ4n) is 2.21. The molecule has 0 aromatic carbocycles. The summed E-state index contributed by atoms with van der Waals surface area (Å²) < 4.78 is 24.2. The second-order valence-corrected chi connectivity index (χ2v) is 5.15. The second-order valence-electron chi connectivity index (χ2n) is 5.15. The number of halogens is 2. The lowest BCUT2D eigenvalue weighted by molar-refractivity contribution is -0.112. The van der Waals surface area contributed by atoms with Crippen LogP contribution < -0.4 is 0 Å². The van der Waals surface area contributed by atoms with Gasteiger partial charge in [0.25, 0.3) is 0 Å². The van der Waals surface area contributed by atoms with E-state index in [-0.39, 0.29) is 12.8 Å². The molecule has 0 unspecified atom stereocenters. The van der Waals surface area contributed by atoms with Gasteiger partial charge in [0.1, 0.15) is 0 Å². The summed E-state index contributed by atoms with van der Waals surface area (Å²) in [4.78, 5) is 0. The first kappa shape index (κ1) is 21.2. The van der Waals surface area contributed by atoms with E-state index in [1.54, 1.807) is 0 Å². The molecule has 0 heterocycles. The van der Waals surface area contributed by atoms with Gasteiger partial charge >= 0.3 is 0 Å². The average Bonchev–Trinajstić information content (AvgIpc) is 3.18. The highest BCUT2D eigenvalue weighted by Crippen LogP contribution is 2.44. The van der Waals surface area contributed by atoms with Crippen LogP contribution in [-0.2, 0) is 0 Å². The van der Waals surface area contributed by atoms with E-state index < -0.39 is 5.92 Å². The van der Waals surface area contributed by atoms with E-state index in [9.17, 15) is 8.78 Å². The van der Waals surface area contributed by atoms with Crippen LogP contribution in [0.15, 0.2) is 0 Å². The largest absolute Gasteiger partial charge is 0.248 e. The minimum atomic E-state index is -2.31. The fraction of sp³-hybridized carbons (Fsp3) is 1.00. The average molecular weight is 278 g/mol. The molecule has 118 valence electrons. The molecule has 0 aromatic heterocycles. The Morgan fingerprint density at radius 3 is 1.37 bits per heavy atom. The molecule has 0 aliphatic heterocycles. The Morgan fingerprint density at radius 2 is 1.16 bits per heavy atom. The molecule has 0 bridgehead atoms. The Hall–Kier alpha value is -0.140. The first-order valence-corrected chi connectivity index (χ1v) is 8.45. The van der Waals surface area contributed by atoms with E-state index in [1.807, 2.05) is 34.6 Å². The zero-order valence-corrected chi connectivity index (χ0v) is 14.1. The number of rotatable bonds is 4. The Kier molecular flexibility index (Phi) is 14.3. The number of hydrogen-bond donors (Lipinski definition) is 0. The maximum atomic E-state index is 12.1. The Labute approximate surface area is 120 Å². The van der Waals surface area contributed by atoms with Gasteiger partial charge in [0.05, 0.1) is 0 Å². The van der Waals surface area contributed by atoms with E-state index in [0.29, 0.717) is 5.92 Å². The molecule has 0 radical (unpaired) electrons. The van der Waals surface area contributed by atoms with Crippen LogP contribution in [-0.4, -0.2) is 5.92 Å². The van der Waals surface area contributed by atoms with Crippen molar-refractivity contribution >= 4 is 0 Å². The first-order valence-electron chi connectivity index (χ1n) is 8.45. The van der Waals surface area contributed by atoms with Gasteiger partial charge in [-0.25, -0.2) is 8.78 Å². The molecule has 2 heteroatoms. The molecule has 2 saturated carbocycles. The van der Waals surface area contributed by atoms with Crippen LogP contribution in [0.4, 0.5) is 8.78 Å². The molecule has 0 spiro atoms. The maximum absolute atomic E-state index is 12.1. The molecule has 2 aliphatic carbocycles. The van der Waals surface area contributed by atoms with Crippen LogP contribution in [0.2, 0.25) is 0 Å². The van der Waals surface area contributed by atoms with Crippen molar-refractivity contribution in [3.63, 3.8) is 0 Å². The lowest BCUT2D eigenvalue weighted by Gasteiger charge is -2.34. The van der Waals surface area contributed by atoms with Gasteiger partial charge in [-0.3, -0.25) is 0 Å². The number of hydrogen-bond acceptors (Lipinski definition) is 0. The summed E-state index contributed by atoms with van der Waals surface area (Å²) in [5.74, 6) is -0.833. The third-order valence-corrected chi connectivity index (χ3v) is 3.27. The van der Waals surface area contributed by atoms with Crippen molar-refractivity contribution in [2.75, 3.05) is 0 Å².